The third-order valence-corrected chi connectivity index (χ3v) is 2.60. The van der Waals surface area contributed by atoms with Crippen molar-refractivity contribution in [3.8, 4) is 0 Å². The number of hydrogen-bond acceptors (Lipinski definition) is 2. The Bertz CT molecular complexity index is 363. The SMILES string of the molecule is CCCn1cc(Cl)cc1C(=O)NCCNCC. The summed E-state index contributed by atoms with van der Waals surface area (Å²) in [7, 11) is 0. The number of carbonyl (C=O) groups is 1. The summed E-state index contributed by atoms with van der Waals surface area (Å²) in [6, 6.07) is 1.71. The Morgan fingerprint density at radius 1 is 1.41 bits per heavy atom. The molecule has 0 aliphatic carbocycles. The number of aromatic nitrogens is 1. The van der Waals surface area contributed by atoms with Crippen molar-refractivity contribution in [3.05, 3.63) is 23.0 Å². The second kappa shape index (κ2) is 7.35. The lowest BCUT2D eigenvalue weighted by Gasteiger charge is -2.08. The van der Waals surface area contributed by atoms with Crippen LogP contribution in [-0.4, -0.2) is 30.1 Å². The van der Waals surface area contributed by atoms with Crippen molar-refractivity contribution in [2.75, 3.05) is 19.6 Å². The first-order valence-corrected chi connectivity index (χ1v) is 6.41. The van der Waals surface area contributed by atoms with Gasteiger partial charge in [-0.05, 0) is 19.0 Å². The number of likely N-dealkylation sites (N-methyl/N-ethyl adjacent to an activating group) is 1. The summed E-state index contributed by atoms with van der Waals surface area (Å²) in [5.74, 6) is -0.0664. The lowest BCUT2D eigenvalue weighted by atomic mass is 10.3. The Hall–Kier alpha value is -1.00. The molecule has 0 spiro atoms. The number of nitrogens with zero attached hydrogens (tertiary/aromatic N) is 1. The fourth-order valence-electron chi connectivity index (χ4n) is 1.62. The fourth-order valence-corrected chi connectivity index (χ4v) is 1.84. The highest BCUT2D eigenvalue weighted by molar-refractivity contribution is 6.31. The number of amides is 1. The fraction of sp³-hybridized carbons (Fsp3) is 0.583. The number of nitrogens with one attached hydrogen (secondary N) is 2. The first-order valence-electron chi connectivity index (χ1n) is 6.03. The molecule has 96 valence electrons. The van der Waals surface area contributed by atoms with Crippen LogP contribution in [0.3, 0.4) is 0 Å². The summed E-state index contributed by atoms with van der Waals surface area (Å²) < 4.78 is 1.89. The van der Waals surface area contributed by atoms with Crippen molar-refractivity contribution in [2.45, 2.75) is 26.8 Å². The molecule has 0 saturated heterocycles. The molecule has 0 atom stereocenters. The Morgan fingerprint density at radius 2 is 2.18 bits per heavy atom. The van der Waals surface area contributed by atoms with Gasteiger partial charge in [-0.1, -0.05) is 25.4 Å². The van der Waals surface area contributed by atoms with Crippen LogP contribution in [0.25, 0.3) is 0 Å². The molecule has 0 aliphatic rings. The van der Waals surface area contributed by atoms with Crippen LogP contribution in [-0.2, 0) is 6.54 Å². The Labute approximate surface area is 107 Å². The predicted octanol–water partition coefficient (Wildman–Crippen LogP) is 1.89. The molecule has 0 fully saturated rings. The minimum atomic E-state index is -0.0664. The quantitative estimate of drug-likeness (QED) is 0.733. The summed E-state index contributed by atoms with van der Waals surface area (Å²) in [5.41, 5.74) is 0.633. The van der Waals surface area contributed by atoms with Gasteiger partial charge in [0.25, 0.3) is 5.91 Å². The smallest absolute Gasteiger partial charge is 0.268 e. The second-order valence-electron chi connectivity index (χ2n) is 3.85. The van der Waals surface area contributed by atoms with Gasteiger partial charge in [0.2, 0.25) is 0 Å². The molecule has 1 heterocycles. The van der Waals surface area contributed by atoms with Gasteiger partial charge in [0.15, 0.2) is 0 Å². The molecule has 4 nitrogen and oxygen atoms in total. The molecule has 5 heteroatoms. The molecule has 0 radical (unpaired) electrons. The van der Waals surface area contributed by atoms with Crippen LogP contribution in [0.4, 0.5) is 0 Å². The molecule has 0 aliphatic heterocycles. The first-order chi connectivity index (χ1) is 8.19. The van der Waals surface area contributed by atoms with Crippen molar-refractivity contribution in [1.29, 1.82) is 0 Å². The summed E-state index contributed by atoms with van der Waals surface area (Å²) in [4.78, 5) is 11.9. The van der Waals surface area contributed by atoms with Gasteiger partial charge in [-0.15, -0.1) is 0 Å². The zero-order valence-electron chi connectivity index (χ0n) is 10.4. The summed E-state index contributed by atoms with van der Waals surface area (Å²) in [6.45, 7) is 7.23. The third kappa shape index (κ3) is 4.40. The molecule has 1 amide bonds. The van der Waals surface area contributed by atoms with E-state index < -0.39 is 0 Å². The minimum Gasteiger partial charge on any atom is -0.349 e. The molecular formula is C12H20ClN3O. The molecule has 17 heavy (non-hydrogen) atoms. The van der Waals surface area contributed by atoms with Gasteiger partial charge >= 0.3 is 0 Å². The molecule has 0 saturated carbocycles. The molecule has 1 aromatic heterocycles. The van der Waals surface area contributed by atoms with Crippen LogP contribution in [0, 0.1) is 0 Å². The van der Waals surface area contributed by atoms with E-state index in [-0.39, 0.29) is 5.91 Å². The summed E-state index contributed by atoms with van der Waals surface area (Å²) in [6.07, 6.45) is 2.77. The van der Waals surface area contributed by atoms with Gasteiger partial charge in [-0.3, -0.25) is 4.79 Å². The first kappa shape index (κ1) is 14.1. The van der Waals surface area contributed by atoms with E-state index in [1.807, 2.05) is 11.5 Å². The van der Waals surface area contributed by atoms with Crippen LogP contribution >= 0.6 is 11.6 Å². The highest BCUT2D eigenvalue weighted by Gasteiger charge is 2.11. The van der Waals surface area contributed by atoms with Gasteiger partial charge in [-0.2, -0.15) is 0 Å². The molecule has 1 aromatic rings. The average Bonchev–Trinajstić information content (AvgIpc) is 2.66. The van der Waals surface area contributed by atoms with Crippen LogP contribution < -0.4 is 10.6 Å². The maximum Gasteiger partial charge on any atom is 0.268 e. The lowest BCUT2D eigenvalue weighted by molar-refractivity contribution is 0.0944. The normalized spacial score (nSPS) is 10.5. The zero-order valence-corrected chi connectivity index (χ0v) is 11.2. The van der Waals surface area contributed by atoms with E-state index in [1.54, 1.807) is 12.3 Å². The maximum absolute atomic E-state index is 11.9. The van der Waals surface area contributed by atoms with Gasteiger partial charge in [0.1, 0.15) is 5.69 Å². The largest absolute Gasteiger partial charge is 0.349 e. The number of hydrogen-bond donors (Lipinski definition) is 2. The number of carbonyl (C=O) groups excluding carboxylic acids is 1. The van der Waals surface area contributed by atoms with E-state index in [1.165, 1.54) is 0 Å². The van der Waals surface area contributed by atoms with Gasteiger partial charge < -0.3 is 15.2 Å². The Morgan fingerprint density at radius 3 is 2.82 bits per heavy atom. The highest BCUT2D eigenvalue weighted by atomic mass is 35.5. The maximum atomic E-state index is 11.9. The molecule has 0 unspecified atom stereocenters. The van der Waals surface area contributed by atoms with Gasteiger partial charge in [-0.25, -0.2) is 0 Å². The van der Waals surface area contributed by atoms with E-state index >= 15 is 0 Å². The molecular weight excluding hydrogens is 238 g/mol. The molecule has 0 bridgehead atoms. The summed E-state index contributed by atoms with van der Waals surface area (Å²) in [5, 5.41) is 6.62. The standard InChI is InChI=1S/C12H20ClN3O/c1-3-7-16-9-10(13)8-11(16)12(17)15-6-5-14-4-2/h8-9,14H,3-7H2,1-2H3,(H,15,17). The molecule has 2 N–H and O–H groups in total. The van der Waals surface area contributed by atoms with Crippen LogP contribution in [0.2, 0.25) is 5.02 Å². The molecule has 0 aromatic carbocycles. The van der Waals surface area contributed by atoms with E-state index in [0.29, 0.717) is 17.3 Å². The van der Waals surface area contributed by atoms with Crippen LogP contribution in [0.5, 0.6) is 0 Å². The van der Waals surface area contributed by atoms with Crippen molar-refractivity contribution in [3.63, 3.8) is 0 Å². The van der Waals surface area contributed by atoms with E-state index in [2.05, 4.69) is 17.6 Å². The zero-order chi connectivity index (χ0) is 12.7. The van der Waals surface area contributed by atoms with E-state index in [9.17, 15) is 4.79 Å². The summed E-state index contributed by atoms with van der Waals surface area (Å²) >= 11 is 5.92. The third-order valence-electron chi connectivity index (χ3n) is 2.40. The number of rotatable bonds is 7. The van der Waals surface area contributed by atoms with Crippen molar-refractivity contribution < 1.29 is 4.79 Å². The van der Waals surface area contributed by atoms with Crippen molar-refractivity contribution in [1.82, 2.24) is 15.2 Å². The topological polar surface area (TPSA) is 46.1 Å². The predicted molar refractivity (Wildman–Crippen MR) is 70.6 cm³/mol. The monoisotopic (exact) mass is 257 g/mol. The van der Waals surface area contributed by atoms with Crippen molar-refractivity contribution >= 4 is 17.5 Å². The number of halogens is 1. The second-order valence-corrected chi connectivity index (χ2v) is 4.28. The number of aryl methyl sites for hydroxylation is 1. The minimum absolute atomic E-state index is 0.0664. The Balaban J connectivity index is 2.55. The van der Waals surface area contributed by atoms with Gasteiger partial charge in [0.05, 0.1) is 5.02 Å². The lowest BCUT2D eigenvalue weighted by Crippen LogP contribution is -2.32. The van der Waals surface area contributed by atoms with Crippen LogP contribution in [0.15, 0.2) is 12.3 Å². The van der Waals surface area contributed by atoms with Crippen LogP contribution in [0.1, 0.15) is 30.8 Å². The van der Waals surface area contributed by atoms with Crippen molar-refractivity contribution in [2.24, 2.45) is 0 Å². The van der Waals surface area contributed by atoms with E-state index in [0.717, 1.165) is 26.1 Å². The average molecular weight is 258 g/mol. The van der Waals surface area contributed by atoms with E-state index in [4.69, 9.17) is 11.6 Å². The van der Waals surface area contributed by atoms with Gasteiger partial charge in [0, 0.05) is 25.8 Å². The molecule has 1 rings (SSSR count). The highest BCUT2D eigenvalue weighted by Crippen LogP contribution is 2.14. The Kier molecular flexibility index (Phi) is 6.08.